The highest BCUT2D eigenvalue weighted by molar-refractivity contribution is 6.33. The Bertz CT molecular complexity index is 1010. The number of amides is 1. The molecule has 2 atom stereocenters. The topological polar surface area (TPSA) is 45.9 Å². The Morgan fingerprint density at radius 2 is 1.72 bits per heavy atom. The molecule has 3 heterocycles. The van der Waals surface area contributed by atoms with Crippen LogP contribution in [-0.4, -0.2) is 42.1 Å². The number of carbonyl (C=O) groups is 1. The molecular weight excluding hydrogens is 422 g/mol. The molecule has 2 aromatic carbocycles. The van der Waals surface area contributed by atoms with Crippen molar-refractivity contribution in [3.8, 4) is 5.75 Å². The van der Waals surface area contributed by atoms with Gasteiger partial charge in [-0.05, 0) is 74.5 Å². The lowest BCUT2D eigenvalue weighted by molar-refractivity contribution is 0.0359. The Morgan fingerprint density at radius 3 is 2.34 bits per heavy atom. The quantitative estimate of drug-likeness (QED) is 0.620. The number of nitrogens with zero attached hydrogens (tertiary/aromatic N) is 2. The number of halogens is 1. The van der Waals surface area contributed by atoms with Gasteiger partial charge in [0.05, 0.1) is 11.6 Å². The third-order valence-corrected chi connectivity index (χ3v) is 7.54. The summed E-state index contributed by atoms with van der Waals surface area (Å²) in [6.07, 6.45) is 6.11. The van der Waals surface area contributed by atoms with Crippen molar-refractivity contribution in [3.05, 3.63) is 70.0 Å². The van der Waals surface area contributed by atoms with Crippen molar-refractivity contribution in [2.45, 2.75) is 62.6 Å². The summed E-state index contributed by atoms with van der Waals surface area (Å²) in [4.78, 5) is 18.9. The van der Waals surface area contributed by atoms with Crippen molar-refractivity contribution in [1.82, 2.24) is 10.2 Å². The van der Waals surface area contributed by atoms with E-state index in [1.165, 1.54) is 5.56 Å². The summed E-state index contributed by atoms with van der Waals surface area (Å²) in [5.41, 5.74) is 2.58. The molecule has 5 nitrogen and oxygen atoms in total. The van der Waals surface area contributed by atoms with Gasteiger partial charge in [-0.1, -0.05) is 29.8 Å². The standard InChI is InChI=1S/C26H28ClN3O2/c1-28-25-9-8-22(16-24(25)27)32-23-14-20-6-7-21(15-23)30(20)26(31)19-4-2-17(3-5-19)18-10-12-29-13-11-18/h2-5,8-9,16,18,20-21,23,29H,6-7,10-15H2. The van der Waals surface area contributed by atoms with Crippen LogP contribution in [0.15, 0.2) is 42.5 Å². The van der Waals surface area contributed by atoms with Gasteiger partial charge in [0.1, 0.15) is 11.9 Å². The van der Waals surface area contributed by atoms with Crippen molar-refractivity contribution >= 4 is 23.2 Å². The SMILES string of the molecule is [C-]#[N+]c1ccc(OC2CC3CCC(C2)N3C(=O)c2ccc(C3CCNCC3)cc2)cc1Cl. The van der Waals surface area contributed by atoms with Crippen LogP contribution in [0.1, 0.15) is 60.4 Å². The molecule has 32 heavy (non-hydrogen) atoms. The molecule has 0 spiro atoms. The summed E-state index contributed by atoms with van der Waals surface area (Å²) >= 11 is 6.16. The molecule has 2 unspecified atom stereocenters. The van der Waals surface area contributed by atoms with E-state index in [-0.39, 0.29) is 24.1 Å². The number of piperidine rings is 2. The van der Waals surface area contributed by atoms with Gasteiger partial charge in [-0.2, -0.15) is 0 Å². The maximum Gasteiger partial charge on any atom is 0.254 e. The third kappa shape index (κ3) is 4.22. The molecule has 3 aliphatic rings. The lowest BCUT2D eigenvalue weighted by Gasteiger charge is -2.39. The molecule has 5 rings (SSSR count). The molecule has 1 amide bonds. The molecule has 0 aliphatic carbocycles. The van der Waals surface area contributed by atoms with Gasteiger partial charge < -0.3 is 15.0 Å². The Kier molecular flexibility index (Phi) is 6.08. The predicted molar refractivity (Wildman–Crippen MR) is 126 cm³/mol. The summed E-state index contributed by atoms with van der Waals surface area (Å²) in [6.45, 7) is 9.27. The summed E-state index contributed by atoms with van der Waals surface area (Å²) in [6, 6.07) is 14.0. The van der Waals surface area contributed by atoms with Crippen molar-refractivity contribution < 1.29 is 9.53 Å². The Morgan fingerprint density at radius 1 is 1.03 bits per heavy atom. The van der Waals surface area contributed by atoms with Gasteiger partial charge in [-0.3, -0.25) is 4.79 Å². The highest BCUT2D eigenvalue weighted by Gasteiger charge is 2.44. The van der Waals surface area contributed by atoms with E-state index in [2.05, 4.69) is 27.2 Å². The molecule has 0 aromatic heterocycles. The van der Waals surface area contributed by atoms with Crippen LogP contribution in [0, 0.1) is 6.57 Å². The molecule has 6 heteroatoms. The van der Waals surface area contributed by atoms with Gasteiger partial charge in [0, 0.05) is 30.5 Å². The van der Waals surface area contributed by atoms with Gasteiger partial charge in [-0.25, -0.2) is 4.85 Å². The number of hydrogen-bond acceptors (Lipinski definition) is 3. The van der Waals surface area contributed by atoms with E-state index in [0.29, 0.717) is 22.4 Å². The minimum Gasteiger partial charge on any atom is -0.490 e. The van der Waals surface area contributed by atoms with Crippen molar-refractivity contribution in [2.24, 2.45) is 0 Å². The molecule has 2 bridgehead atoms. The first-order valence-electron chi connectivity index (χ1n) is 11.6. The van der Waals surface area contributed by atoms with E-state index in [0.717, 1.165) is 57.2 Å². The van der Waals surface area contributed by atoms with Crippen molar-refractivity contribution in [3.63, 3.8) is 0 Å². The number of benzene rings is 2. The van der Waals surface area contributed by atoms with Crippen LogP contribution in [0.25, 0.3) is 4.85 Å². The van der Waals surface area contributed by atoms with Crippen molar-refractivity contribution in [2.75, 3.05) is 13.1 Å². The predicted octanol–water partition coefficient (Wildman–Crippen LogP) is 5.57. The molecule has 3 fully saturated rings. The second-order valence-electron chi connectivity index (χ2n) is 9.18. The van der Waals surface area contributed by atoms with Crippen LogP contribution in [-0.2, 0) is 0 Å². The molecule has 3 aliphatic heterocycles. The van der Waals surface area contributed by atoms with E-state index in [9.17, 15) is 4.79 Å². The summed E-state index contributed by atoms with van der Waals surface area (Å²) in [5, 5.41) is 3.83. The average molecular weight is 450 g/mol. The van der Waals surface area contributed by atoms with Gasteiger partial charge in [0.25, 0.3) is 5.91 Å². The molecule has 0 saturated carbocycles. The van der Waals surface area contributed by atoms with Crippen LogP contribution >= 0.6 is 11.6 Å². The highest BCUT2D eigenvalue weighted by Crippen LogP contribution is 2.39. The van der Waals surface area contributed by atoms with Crippen molar-refractivity contribution in [1.29, 1.82) is 0 Å². The number of carbonyl (C=O) groups excluding carboxylic acids is 1. The van der Waals surface area contributed by atoms with Gasteiger partial charge in [-0.15, -0.1) is 0 Å². The number of hydrogen-bond donors (Lipinski definition) is 1. The van der Waals surface area contributed by atoms with E-state index in [1.54, 1.807) is 12.1 Å². The lowest BCUT2D eigenvalue weighted by atomic mass is 9.89. The second-order valence-corrected chi connectivity index (χ2v) is 9.59. The summed E-state index contributed by atoms with van der Waals surface area (Å²) < 4.78 is 6.20. The zero-order valence-electron chi connectivity index (χ0n) is 18.1. The normalized spacial score (nSPS) is 25.4. The minimum atomic E-state index is 0.0636. The molecule has 166 valence electrons. The van der Waals surface area contributed by atoms with Gasteiger partial charge >= 0.3 is 0 Å². The fourth-order valence-electron chi connectivity index (χ4n) is 5.60. The lowest BCUT2D eigenvalue weighted by Crippen LogP contribution is -2.49. The highest BCUT2D eigenvalue weighted by atomic mass is 35.5. The maximum absolute atomic E-state index is 13.4. The molecule has 1 N–H and O–H groups in total. The van der Waals surface area contributed by atoms with E-state index in [4.69, 9.17) is 22.9 Å². The first-order chi connectivity index (χ1) is 15.6. The van der Waals surface area contributed by atoms with E-state index in [1.807, 2.05) is 18.2 Å². The smallest absolute Gasteiger partial charge is 0.254 e. The van der Waals surface area contributed by atoms with Crippen LogP contribution in [0.4, 0.5) is 5.69 Å². The fourth-order valence-corrected chi connectivity index (χ4v) is 5.81. The Balaban J connectivity index is 1.24. The zero-order chi connectivity index (χ0) is 22.1. The van der Waals surface area contributed by atoms with Crippen LogP contribution < -0.4 is 10.1 Å². The Labute approximate surface area is 194 Å². The first-order valence-corrected chi connectivity index (χ1v) is 12.0. The number of rotatable bonds is 4. The maximum atomic E-state index is 13.4. The number of nitrogens with one attached hydrogen (secondary N) is 1. The van der Waals surface area contributed by atoms with Gasteiger partial charge in [0.2, 0.25) is 5.69 Å². The molecule has 2 aromatic rings. The second kappa shape index (κ2) is 9.13. The summed E-state index contributed by atoms with van der Waals surface area (Å²) in [7, 11) is 0. The monoisotopic (exact) mass is 449 g/mol. The first kappa shape index (κ1) is 21.3. The average Bonchev–Trinajstić information content (AvgIpc) is 3.09. The minimum absolute atomic E-state index is 0.0636. The van der Waals surface area contributed by atoms with E-state index >= 15 is 0 Å². The fraction of sp³-hybridized carbons (Fsp3) is 0.462. The Hall–Kier alpha value is -2.55. The summed E-state index contributed by atoms with van der Waals surface area (Å²) in [5.74, 6) is 1.44. The third-order valence-electron chi connectivity index (χ3n) is 7.23. The largest absolute Gasteiger partial charge is 0.490 e. The number of fused-ring (bicyclic) bond motifs is 2. The molecular formula is C26H28ClN3O2. The van der Waals surface area contributed by atoms with Crippen LogP contribution in [0.5, 0.6) is 5.75 Å². The van der Waals surface area contributed by atoms with Crippen LogP contribution in [0.3, 0.4) is 0 Å². The molecule has 3 saturated heterocycles. The van der Waals surface area contributed by atoms with Crippen LogP contribution in [0.2, 0.25) is 5.02 Å². The molecule has 0 radical (unpaired) electrons. The van der Waals surface area contributed by atoms with Gasteiger partial charge in [0.15, 0.2) is 0 Å². The zero-order valence-corrected chi connectivity index (χ0v) is 18.9. The van der Waals surface area contributed by atoms with E-state index < -0.39 is 0 Å². The number of ether oxygens (including phenoxy) is 1.